The van der Waals surface area contributed by atoms with Crippen molar-refractivity contribution in [3.63, 3.8) is 0 Å². The number of benzene rings is 1. The van der Waals surface area contributed by atoms with Gasteiger partial charge >= 0.3 is 0 Å². The molecule has 3 rings (SSSR count). The Balaban J connectivity index is 1.52. The first-order valence-corrected chi connectivity index (χ1v) is 9.32. The molecule has 1 fully saturated rings. The maximum Gasteiger partial charge on any atom is 0.185 e. The smallest absolute Gasteiger partial charge is 0.185 e. The first-order valence-electron chi connectivity index (χ1n) is 8.50. The van der Waals surface area contributed by atoms with Crippen LogP contribution in [0, 0.1) is 39.5 Å². The van der Waals surface area contributed by atoms with Gasteiger partial charge in [-0.1, -0.05) is 17.9 Å². The number of aromatic nitrogens is 1. The third kappa shape index (κ3) is 3.98. The van der Waals surface area contributed by atoms with Gasteiger partial charge < -0.3 is 4.90 Å². The molecule has 1 aliphatic rings. The monoisotopic (exact) mass is 339 g/mol. The molecule has 0 N–H and O–H groups in total. The van der Waals surface area contributed by atoms with Crippen molar-refractivity contribution in [2.45, 2.75) is 27.7 Å². The average molecular weight is 340 g/mol. The van der Waals surface area contributed by atoms with Gasteiger partial charge in [0.25, 0.3) is 0 Å². The highest BCUT2D eigenvalue weighted by Gasteiger charge is 2.19. The van der Waals surface area contributed by atoms with E-state index in [1.54, 1.807) is 0 Å². The summed E-state index contributed by atoms with van der Waals surface area (Å²) in [4.78, 5) is 10.8. The summed E-state index contributed by atoms with van der Waals surface area (Å²) in [6.45, 7) is 13.5. The van der Waals surface area contributed by atoms with Gasteiger partial charge in [0.15, 0.2) is 5.13 Å². The summed E-state index contributed by atoms with van der Waals surface area (Å²) < 4.78 is 0. The summed E-state index contributed by atoms with van der Waals surface area (Å²) in [5.41, 5.74) is 4.91. The Morgan fingerprint density at radius 1 is 1.04 bits per heavy atom. The molecular weight excluding hydrogens is 314 g/mol. The predicted molar refractivity (Wildman–Crippen MR) is 103 cm³/mol. The molecule has 0 atom stereocenters. The lowest BCUT2D eigenvalue weighted by molar-refractivity contribution is 0.288. The van der Waals surface area contributed by atoms with E-state index in [-0.39, 0.29) is 0 Å². The highest BCUT2D eigenvalue weighted by molar-refractivity contribution is 7.15. The third-order valence-corrected chi connectivity index (χ3v) is 5.84. The predicted octanol–water partition coefficient (Wildman–Crippen LogP) is 3.55. The van der Waals surface area contributed by atoms with Gasteiger partial charge in [0, 0.05) is 36.6 Å². The number of anilines is 1. The average Bonchev–Trinajstić information content (AvgIpc) is 2.91. The minimum Gasteiger partial charge on any atom is -0.346 e. The zero-order chi connectivity index (χ0) is 17.1. The van der Waals surface area contributed by atoms with E-state index in [1.807, 2.05) is 11.3 Å². The lowest BCUT2D eigenvalue weighted by atomic mass is 10.1. The Morgan fingerprint density at radius 3 is 2.42 bits per heavy atom. The van der Waals surface area contributed by atoms with Crippen LogP contribution in [0.3, 0.4) is 0 Å². The van der Waals surface area contributed by atoms with Crippen LogP contribution in [-0.2, 0) is 0 Å². The highest BCUT2D eigenvalue weighted by Crippen LogP contribution is 2.25. The number of thiazole rings is 1. The second-order valence-electron chi connectivity index (χ2n) is 6.50. The summed E-state index contributed by atoms with van der Waals surface area (Å²) in [6, 6.07) is 6.43. The van der Waals surface area contributed by atoms with Crippen molar-refractivity contribution in [2.75, 3.05) is 37.6 Å². The van der Waals surface area contributed by atoms with Crippen LogP contribution in [0.25, 0.3) is 0 Å². The van der Waals surface area contributed by atoms with E-state index in [0.29, 0.717) is 0 Å². The van der Waals surface area contributed by atoms with Gasteiger partial charge in [-0.05, 0) is 51.0 Å². The molecule has 0 unspecified atom stereocenters. The fourth-order valence-electron chi connectivity index (χ4n) is 2.76. The van der Waals surface area contributed by atoms with Crippen LogP contribution in [0.2, 0.25) is 0 Å². The molecule has 4 heteroatoms. The highest BCUT2D eigenvalue weighted by atomic mass is 32.1. The first kappa shape index (κ1) is 17.0. The number of hydrogen-bond acceptors (Lipinski definition) is 4. The fraction of sp³-hybridized carbons (Fsp3) is 0.450. The van der Waals surface area contributed by atoms with Crippen LogP contribution >= 0.6 is 11.3 Å². The molecule has 0 bridgehead atoms. The number of piperazine rings is 1. The van der Waals surface area contributed by atoms with Crippen molar-refractivity contribution >= 4 is 16.5 Å². The Morgan fingerprint density at radius 2 is 1.79 bits per heavy atom. The molecule has 0 spiro atoms. The molecule has 2 aromatic rings. The molecule has 0 saturated carbocycles. The van der Waals surface area contributed by atoms with E-state index in [9.17, 15) is 0 Å². The molecule has 3 nitrogen and oxygen atoms in total. The van der Waals surface area contributed by atoms with E-state index >= 15 is 0 Å². The fourth-order valence-corrected chi connectivity index (χ4v) is 3.72. The van der Waals surface area contributed by atoms with Crippen molar-refractivity contribution in [1.82, 2.24) is 9.88 Å². The van der Waals surface area contributed by atoms with Crippen LogP contribution in [0.1, 0.15) is 27.3 Å². The zero-order valence-electron chi connectivity index (χ0n) is 15.0. The second kappa shape index (κ2) is 7.38. The Kier molecular flexibility index (Phi) is 5.23. The molecule has 0 radical (unpaired) electrons. The van der Waals surface area contributed by atoms with E-state index in [0.717, 1.165) is 44.0 Å². The minimum atomic E-state index is 0.844. The summed E-state index contributed by atoms with van der Waals surface area (Å²) in [5, 5.41) is 1.17. The summed E-state index contributed by atoms with van der Waals surface area (Å²) in [5.74, 6) is 6.63. The molecule has 2 heterocycles. The van der Waals surface area contributed by atoms with Crippen LogP contribution < -0.4 is 4.90 Å². The largest absolute Gasteiger partial charge is 0.346 e. The minimum absolute atomic E-state index is 0.844. The van der Waals surface area contributed by atoms with Crippen molar-refractivity contribution < 1.29 is 0 Å². The lowest BCUT2D eigenvalue weighted by Gasteiger charge is -2.33. The van der Waals surface area contributed by atoms with Gasteiger partial charge in [0.1, 0.15) is 0 Å². The van der Waals surface area contributed by atoms with Gasteiger partial charge in [-0.25, -0.2) is 4.98 Å². The van der Waals surface area contributed by atoms with Crippen molar-refractivity contribution in [1.29, 1.82) is 0 Å². The molecule has 0 aliphatic carbocycles. The van der Waals surface area contributed by atoms with Gasteiger partial charge in [0.05, 0.1) is 12.2 Å². The Bertz CT molecular complexity index is 754. The number of hydrogen-bond donors (Lipinski definition) is 0. The normalized spacial score (nSPS) is 15.2. The first-order chi connectivity index (χ1) is 11.5. The Hall–Kier alpha value is -1.83. The molecule has 1 aliphatic heterocycles. The standard InChI is InChI=1S/C20H25N3S/c1-15-7-8-19(14-16(15)2)6-5-9-22-10-12-23(13-11-22)20-21-17(3)18(4)24-20/h7-8,14H,9-13H2,1-4H3. The maximum absolute atomic E-state index is 4.67. The van der Waals surface area contributed by atoms with E-state index in [2.05, 4.69) is 72.5 Å². The topological polar surface area (TPSA) is 19.4 Å². The molecule has 1 aromatic heterocycles. The number of rotatable bonds is 2. The molecule has 1 aromatic carbocycles. The van der Waals surface area contributed by atoms with Gasteiger partial charge in [-0.15, -0.1) is 11.3 Å². The SMILES string of the molecule is Cc1ccc(C#CCN2CCN(c3nc(C)c(C)s3)CC2)cc1C. The summed E-state index contributed by atoms with van der Waals surface area (Å²) in [6.07, 6.45) is 0. The van der Waals surface area contributed by atoms with E-state index < -0.39 is 0 Å². The lowest BCUT2D eigenvalue weighted by Crippen LogP contribution is -2.46. The molecule has 126 valence electrons. The van der Waals surface area contributed by atoms with Crippen molar-refractivity contribution in [3.05, 3.63) is 45.5 Å². The van der Waals surface area contributed by atoms with Gasteiger partial charge in [0.2, 0.25) is 0 Å². The summed E-state index contributed by atoms with van der Waals surface area (Å²) >= 11 is 1.81. The quantitative estimate of drug-likeness (QED) is 0.780. The van der Waals surface area contributed by atoms with E-state index in [4.69, 9.17) is 0 Å². The molecule has 0 amide bonds. The van der Waals surface area contributed by atoms with Crippen molar-refractivity contribution in [3.8, 4) is 11.8 Å². The van der Waals surface area contributed by atoms with E-state index in [1.165, 1.54) is 21.1 Å². The maximum atomic E-state index is 4.67. The van der Waals surface area contributed by atoms with Crippen LogP contribution in [0.15, 0.2) is 18.2 Å². The van der Waals surface area contributed by atoms with Crippen LogP contribution in [-0.4, -0.2) is 42.6 Å². The number of nitrogens with zero attached hydrogens (tertiary/aromatic N) is 3. The molecule has 1 saturated heterocycles. The molecular formula is C20H25N3S. The molecule has 24 heavy (non-hydrogen) atoms. The van der Waals surface area contributed by atoms with Crippen molar-refractivity contribution in [2.24, 2.45) is 0 Å². The summed E-state index contributed by atoms with van der Waals surface area (Å²) in [7, 11) is 0. The Labute approximate surface area is 149 Å². The van der Waals surface area contributed by atoms with Gasteiger partial charge in [-0.2, -0.15) is 0 Å². The second-order valence-corrected chi connectivity index (χ2v) is 7.68. The van der Waals surface area contributed by atoms with Crippen LogP contribution in [0.4, 0.5) is 5.13 Å². The number of aryl methyl sites for hydroxylation is 4. The van der Waals surface area contributed by atoms with Gasteiger partial charge in [-0.3, -0.25) is 4.90 Å². The third-order valence-electron chi connectivity index (χ3n) is 4.70. The zero-order valence-corrected chi connectivity index (χ0v) is 15.8. The van der Waals surface area contributed by atoms with Crippen LogP contribution in [0.5, 0.6) is 0 Å².